The van der Waals surface area contributed by atoms with Crippen LogP contribution in [0.2, 0.25) is 0 Å². The molecule has 23 heavy (non-hydrogen) atoms. The highest BCUT2D eigenvalue weighted by Gasteiger charge is 2.22. The van der Waals surface area contributed by atoms with E-state index in [4.69, 9.17) is 4.74 Å². The first kappa shape index (κ1) is 16.5. The molecule has 0 aliphatic heterocycles. The van der Waals surface area contributed by atoms with Crippen LogP contribution in [0.15, 0.2) is 42.5 Å². The van der Waals surface area contributed by atoms with Gasteiger partial charge in [-0.2, -0.15) is 0 Å². The summed E-state index contributed by atoms with van der Waals surface area (Å²) in [6.07, 6.45) is 1.66. The molecule has 6 heteroatoms. The Labute approximate surface area is 133 Å². The van der Waals surface area contributed by atoms with Crippen LogP contribution in [-0.4, -0.2) is 22.9 Å². The molecule has 0 aromatic heterocycles. The fourth-order valence-electron chi connectivity index (χ4n) is 2.29. The highest BCUT2D eigenvalue weighted by Crippen LogP contribution is 2.37. The molecule has 2 aromatic carbocycles. The Morgan fingerprint density at radius 3 is 2.57 bits per heavy atom. The summed E-state index contributed by atoms with van der Waals surface area (Å²) >= 11 is 0. The summed E-state index contributed by atoms with van der Waals surface area (Å²) in [6, 6.07) is 12.2. The van der Waals surface area contributed by atoms with Gasteiger partial charge in [0.2, 0.25) is 5.75 Å². The lowest BCUT2D eigenvalue weighted by Crippen LogP contribution is -2.03. The minimum Gasteiger partial charge on any atom is -0.500 e. The first-order valence-electron chi connectivity index (χ1n) is 7.15. The van der Waals surface area contributed by atoms with Gasteiger partial charge in [-0.25, -0.2) is 0 Å². The number of nitro groups is 1. The van der Waals surface area contributed by atoms with Crippen molar-refractivity contribution in [2.24, 2.45) is 0 Å². The second kappa shape index (κ2) is 7.40. The van der Waals surface area contributed by atoms with Crippen LogP contribution in [0, 0.1) is 10.1 Å². The third-order valence-corrected chi connectivity index (χ3v) is 3.51. The van der Waals surface area contributed by atoms with Crippen LogP contribution < -0.4 is 4.74 Å². The van der Waals surface area contributed by atoms with Crippen molar-refractivity contribution in [2.45, 2.75) is 19.3 Å². The maximum atomic E-state index is 12.2. The van der Waals surface area contributed by atoms with E-state index >= 15 is 0 Å². The van der Waals surface area contributed by atoms with Gasteiger partial charge in [-0.05, 0) is 24.5 Å². The molecule has 0 heterocycles. The number of aryl methyl sites for hydroxylation is 1. The van der Waals surface area contributed by atoms with Crippen molar-refractivity contribution in [3.05, 3.63) is 63.7 Å². The van der Waals surface area contributed by atoms with Gasteiger partial charge < -0.3 is 9.84 Å². The molecule has 2 rings (SSSR count). The van der Waals surface area contributed by atoms with Crippen LogP contribution >= 0.6 is 0 Å². The molecular weight excluding hydrogens is 298 g/mol. The number of carbonyl (C=O) groups excluding carboxylic acids is 1. The molecule has 0 saturated heterocycles. The maximum absolute atomic E-state index is 12.2. The van der Waals surface area contributed by atoms with Crippen LogP contribution in [0.1, 0.15) is 28.8 Å². The number of rotatable bonds is 7. The predicted octanol–water partition coefficient (Wildman–Crippen LogP) is 3.51. The average molecular weight is 315 g/mol. The third-order valence-electron chi connectivity index (χ3n) is 3.51. The number of ether oxygens (including phenoxy) is 1. The number of phenols is 1. The standard InChI is InChI=1S/C17H17NO5/c1-23-16-11-13(10-14(17(16)20)18(21)22)15(19)9-5-8-12-6-3-2-4-7-12/h2-4,6-7,10-11,20H,5,8-9H2,1H3. The molecule has 0 aliphatic rings. The number of benzene rings is 2. The number of phenolic OH excluding ortho intramolecular Hbond substituents is 1. The van der Waals surface area contributed by atoms with E-state index in [1.54, 1.807) is 0 Å². The van der Waals surface area contributed by atoms with Gasteiger partial charge in [0.1, 0.15) is 0 Å². The Balaban J connectivity index is 2.09. The molecule has 2 aromatic rings. The molecule has 0 atom stereocenters. The molecule has 0 bridgehead atoms. The number of hydrogen-bond acceptors (Lipinski definition) is 5. The van der Waals surface area contributed by atoms with Crippen molar-refractivity contribution in [1.82, 2.24) is 0 Å². The summed E-state index contributed by atoms with van der Waals surface area (Å²) in [7, 11) is 1.28. The SMILES string of the molecule is COc1cc(C(=O)CCCc2ccccc2)cc([N+](=O)[O-])c1O. The zero-order chi connectivity index (χ0) is 16.8. The van der Waals surface area contributed by atoms with E-state index in [0.717, 1.165) is 18.1 Å². The normalized spacial score (nSPS) is 10.3. The fourth-order valence-corrected chi connectivity index (χ4v) is 2.29. The molecule has 6 nitrogen and oxygen atoms in total. The maximum Gasteiger partial charge on any atom is 0.315 e. The molecule has 120 valence electrons. The number of hydrogen-bond donors (Lipinski definition) is 1. The Morgan fingerprint density at radius 1 is 1.26 bits per heavy atom. The number of nitrogens with zero attached hydrogens (tertiary/aromatic N) is 1. The topological polar surface area (TPSA) is 89.7 Å². The minimum atomic E-state index is -0.737. The van der Waals surface area contributed by atoms with Crippen molar-refractivity contribution in [3.63, 3.8) is 0 Å². The predicted molar refractivity (Wildman–Crippen MR) is 85.0 cm³/mol. The van der Waals surface area contributed by atoms with E-state index in [1.165, 1.54) is 13.2 Å². The Hall–Kier alpha value is -2.89. The summed E-state index contributed by atoms with van der Waals surface area (Å²) in [5, 5.41) is 20.7. The summed E-state index contributed by atoms with van der Waals surface area (Å²) < 4.78 is 4.89. The summed E-state index contributed by atoms with van der Waals surface area (Å²) in [4.78, 5) is 22.4. The van der Waals surface area contributed by atoms with Crippen LogP contribution in [-0.2, 0) is 6.42 Å². The number of aromatic hydroxyl groups is 1. The van der Waals surface area contributed by atoms with Crippen LogP contribution in [0.5, 0.6) is 11.5 Å². The molecule has 0 amide bonds. The quantitative estimate of drug-likeness (QED) is 0.479. The van der Waals surface area contributed by atoms with Gasteiger partial charge in [-0.1, -0.05) is 30.3 Å². The monoisotopic (exact) mass is 315 g/mol. The van der Waals surface area contributed by atoms with Gasteiger partial charge in [-0.3, -0.25) is 14.9 Å². The lowest BCUT2D eigenvalue weighted by atomic mass is 10.0. The highest BCUT2D eigenvalue weighted by molar-refractivity contribution is 5.97. The van der Waals surface area contributed by atoms with Gasteiger partial charge >= 0.3 is 5.69 Å². The molecule has 0 spiro atoms. The summed E-state index contributed by atoms with van der Waals surface area (Å²) in [5.41, 5.74) is 0.768. The van der Waals surface area contributed by atoms with E-state index in [1.807, 2.05) is 30.3 Å². The van der Waals surface area contributed by atoms with Crippen molar-refractivity contribution < 1.29 is 19.6 Å². The van der Waals surface area contributed by atoms with E-state index in [2.05, 4.69) is 0 Å². The Morgan fingerprint density at radius 2 is 1.96 bits per heavy atom. The van der Waals surface area contributed by atoms with Crippen molar-refractivity contribution in [1.29, 1.82) is 0 Å². The van der Waals surface area contributed by atoms with E-state index in [0.29, 0.717) is 6.42 Å². The van der Waals surface area contributed by atoms with Crippen molar-refractivity contribution in [3.8, 4) is 11.5 Å². The number of ketones is 1. The molecular formula is C17H17NO5. The van der Waals surface area contributed by atoms with Crippen LogP contribution in [0.25, 0.3) is 0 Å². The molecule has 0 unspecified atom stereocenters. The highest BCUT2D eigenvalue weighted by atomic mass is 16.6. The zero-order valence-electron chi connectivity index (χ0n) is 12.7. The molecule has 0 radical (unpaired) electrons. The molecule has 0 aliphatic carbocycles. The largest absolute Gasteiger partial charge is 0.500 e. The number of nitro benzene ring substituents is 1. The van der Waals surface area contributed by atoms with E-state index in [-0.39, 0.29) is 23.5 Å². The Bertz CT molecular complexity index is 712. The second-order valence-corrected chi connectivity index (χ2v) is 5.07. The first-order valence-corrected chi connectivity index (χ1v) is 7.15. The second-order valence-electron chi connectivity index (χ2n) is 5.07. The molecule has 0 saturated carbocycles. The van der Waals surface area contributed by atoms with Gasteiger partial charge in [-0.15, -0.1) is 0 Å². The third kappa shape index (κ3) is 4.06. The van der Waals surface area contributed by atoms with Gasteiger partial charge in [0.25, 0.3) is 0 Å². The summed E-state index contributed by atoms with van der Waals surface area (Å²) in [5.74, 6) is -0.869. The fraction of sp³-hybridized carbons (Fsp3) is 0.235. The molecule has 0 fully saturated rings. The average Bonchev–Trinajstić information content (AvgIpc) is 2.55. The number of methoxy groups -OCH3 is 1. The smallest absolute Gasteiger partial charge is 0.315 e. The lowest BCUT2D eigenvalue weighted by molar-refractivity contribution is -0.386. The number of Topliss-reactive ketones (excluding diaryl/α,β-unsaturated/α-hetero) is 1. The zero-order valence-corrected chi connectivity index (χ0v) is 12.7. The minimum absolute atomic E-state index is 0.0781. The van der Waals surface area contributed by atoms with Crippen molar-refractivity contribution in [2.75, 3.05) is 7.11 Å². The van der Waals surface area contributed by atoms with Gasteiger partial charge in [0.05, 0.1) is 12.0 Å². The van der Waals surface area contributed by atoms with E-state index < -0.39 is 16.4 Å². The Kier molecular flexibility index (Phi) is 5.30. The van der Waals surface area contributed by atoms with Crippen LogP contribution in [0.3, 0.4) is 0 Å². The van der Waals surface area contributed by atoms with Gasteiger partial charge in [0, 0.05) is 18.1 Å². The van der Waals surface area contributed by atoms with Gasteiger partial charge in [0.15, 0.2) is 11.5 Å². The lowest BCUT2D eigenvalue weighted by Gasteiger charge is -2.07. The first-order chi connectivity index (χ1) is 11.0. The number of carbonyl (C=O) groups is 1. The molecule has 1 N–H and O–H groups in total. The van der Waals surface area contributed by atoms with E-state index in [9.17, 15) is 20.0 Å². The van der Waals surface area contributed by atoms with Crippen LogP contribution in [0.4, 0.5) is 5.69 Å². The summed E-state index contributed by atoms with van der Waals surface area (Å²) in [6.45, 7) is 0. The van der Waals surface area contributed by atoms with Crippen molar-refractivity contribution >= 4 is 11.5 Å².